The third-order valence-corrected chi connectivity index (χ3v) is 2.08. The van der Waals surface area contributed by atoms with E-state index in [0.717, 1.165) is 5.56 Å². The van der Waals surface area contributed by atoms with Crippen LogP contribution in [-0.2, 0) is 0 Å². The maximum absolute atomic E-state index is 11.0. The molecule has 0 aliphatic heterocycles. The molecule has 0 radical (unpaired) electrons. The molecule has 0 atom stereocenters. The molecule has 4 nitrogen and oxygen atoms in total. The van der Waals surface area contributed by atoms with Gasteiger partial charge in [0.1, 0.15) is 0 Å². The largest absolute Gasteiger partial charge is 0.458 e. The summed E-state index contributed by atoms with van der Waals surface area (Å²) in [7, 11) is 0. The summed E-state index contributed by atoms with van der Waals surface area (Å²) in [5.41, 5.74) is 7.53. The Balaban J connectivity index is 2.49. The fourth-order valence-corrected chi connectivity index (χ4v) is 1.33. The van der Waals surface area contributed by atoms with E-state index in [0.29, 0.717) is 11.3 Å². The Morgan fingerprint density at radius 2 is 2.20 bits per heavy atom. The fraction of sp³-hybridized carbons (Fsp3) is 0.0909. The van der Waals surface area contributed by atoms with Crippen molar-refractivity contribution in [3.63, 3.8) is 0 Å². The van der Waals surface area contributed by atoms with Gasteiger partial charge in [0.2, 0.25) is 0 Å². The number of rotatable bonds is 2. The second-order valence-corrected chi connectivity index (χ2v) is 3.25. The Bertz CT molecular complexity index is 486. The number of hydrogen-bond donors (Lipinski definition) is 1. The minimum absolute atomic E-state index is 0.145. The van der Waals surface area contributed by atoms with Crippen molar-refractivity contribution < 1.29 is 9.21 Å². The predicted molar refractivity (Wildman–Crippen MR) is 55.2 cm³/mol. The van der Waals surface area contributed by atoms with Gasteiger partial charge in [-0.05, 0) is 24.6 Å². The van der Waals surface area contributed by atoms with Crippen LogP contribution in [0.1, 0.15) is 16.1 Å². The van der Waals surface area contributed by atoms with Crippen molar-refractivity contribution in [2.45, 2.75) is 6.92 Å². The molecule has 0 aliphatic carbocycles. The Labute approximate surface area is 86.7 Å². The number of carbonyl (C=O) groups excluding carboxylic acids is 1. The van der Waals surface area contributed by atoms with E-state index < -0.39 is 5.91 Å². The molecule has 0 bridgehead atoms. The monoisotopic (exact) mass is 202 g/mol. The third-order valence-electron chi connectivity index (χ3n) is 2.08. The molecule has 1 amide bonds. The number of pyridine rings is 1. The molecule has 0 fully saturated rings. The van der Waals surface area contributed by atoms with E-state index in [9.17, 15) is 4.79 Å². The average molecular weight is 202 g/mol. The topological polar surface area (TPSA) is 69.1 Å². The lowest BCUT2D eigenvalue weighted by atomic mass is 10.1. The number of aromatic nitrogens is 1. The van der Waals surface area contributed by atoms with E-state index in [1.54, 1.807) is 12.3 Å². The van der Waals surface area contributed by atoms with Gasteiger partial charge in [-0.1, -0.05) is 6.07 Å². The van der Waals surface area contributed by atoms with Crippen LogP contribution < -0.4 is 5.73 Å². The van der Waals surface area contributed by atoms with Gasteiger partial charge in [-0.25, -0.2) is 0 Å². The van der Waals surface area contributed by atoms with Crippen LogP contribution in [0.4, 0.5) is 0 Å². The van der Waals surface area contributed by atoms with Crippen molar-refractivity contribution in [1.29, 1.82) is 0 Å². The van der Waals surface area contributed by atoms with Gasteiger partial charge >= 0.3 is 0 Å². The highest BCUT2D eigenvalue weighted by atomic mass is 16.3. The van der Waals surface area contributed by atoms with E-state index in [1.165, 1.54) is 6.26 Å². The summed E-state index contributed by atoms with van der Waals surface area (Å²) < 4.78 is 5.00. The molecule has 0 saturated heterocycles. The zero-order valence-electron chi connectivity index (χ0n) is 8.23. The van der Waals surface area contributed by atoms with Crippen molar-refractivity contribution in [1.82, 2.24) is 4.98 Å². The Hall–Kier alpha value is -2.10. The normalized spacial score (nSPS) is 10.2. The molecule has 2 N–H and O–H groups in total. The lowest BCUT2D eigenvalue weighted by Gasteiger charge is -1.99. The standard InChI is InChI=1S/C11H10N2O2/c1-7-2-3-9(13-6-7)8-4-5-15-10(8)11(12)14/h2-6H,1H3,(H2,12,14). The first kappa shape index (κ1) is 9.45. The van der Waals surface area contributed by atoms with Gasteiger partial charge in [0.25, 0.3) is 5.91 Å². The summed E-state index contributed by atoms with van der Waals surface area (Å²) in [5, 5.41) is 0. The number of nitrogens with zero attached hydrogens (tertiary/aromatic N) is 1. The molecule has 0 unspecified atom stereocenters. The molecule has 76 valence electrons. The molecule has 0 aliphatic rings. The van der Waals surface area contributed by atoms with Crippen LogP contribution in [0.3, 0.4) is 0 Å². The van der Waals surface area contributed by atoms with E-state index >= 15 is 0 Å². The minimum Gasteiger partial charge on any atom is -0.458 e. The van der Waals surface area contributed by atoms with Gasteiger partial charge in [0.05, 0.1) is 17.5 Å². The highest BCUT2D eigenvalue weighted by Crippen LogP contribution is 2.22. The summed E-state index contributed by atoms with van der Waals surface area (Å²) in [6, 6.07) is 5.42. The smallest absolute Gasteiger partial charge is 0.285 e. The number of aryl methyl sites for hydroxylation is 1. The van der Waals surface area contributed by atoms with E-state index in [-0.39, 0.29) is 5.76 Å². The minimum atomic E-state index is -0.586. The molecule has 2 aromatic rings. The maximum atomic E-state index is 11.0. The molecule has 4 heteroatoms. The van der Waals surface area contributed by atoms with Crippen LogP contribution in [0, 0.1) is 6.92 Å². The second kappa shape index (κ2) is 3.57. The summed E-state index contributed by atoms with van der Waals surface area (Å²) in [6.45, 7) is 1.95. The van der Waals surface area contributed by atoms with Gasteiger partial charge in [0, 0.05) is 6.20 Å². The van der Waals surface area contributed by atoms with Gasteiger partial charge in [0.15, 0.2) is 5.76 Å². The summed E-state index contributed by atoms with van der Waals surface area (Å²) in [6.07, 6.45) is 3.16. The van der Waals surface area contributed by atoms with Crippen LogP contribution in [0.2, 0.25) is 0 Å². The lowest BCUT2D eigenvalue weighted by molar-refractivity contribution is 0.0975. The maximum Gasteiger partial charge on any atom is 0.285 e. The number of primary amides is 1. The molecule has 0 spiro atoms. The third kappa shape index (κ3) is 1.74. The number of hydrogen-bond acceptors (Lipinski definition) is 3. The number of carbonyl (C=O) groups is 1. The van der Waals surface area contributed by atoms with Crippen molar-refractivity contribution >= 4 is 5.91 Å². The number of amides is 1. The second-order valence-electron chi connectivity index (χ2n) is 3.25. The summed E-state index contributed by atoms with van der Waals surface area (Å²) >= 11 is 0. The van der Waals surface area contributed by atoms with E-state index in [4.69, 9.17) is 10.2 Å². The number of furan rings is 1. The SMILES string of the molecule is Cc1ccc(-c2ccoc2C(N)=O)nc1. The molecular weight excluding hydrogens is 192 g/mol. The summed E-state index contributed by atoms with van der Waals surface area (Å²) in [4.78, 5) is 15.2. The molecule has 15 heavy (non-hydrogen) atoms. The van der Waals surface area contributed by atoms with Crippen LogP contribution in [0.5, 0.6) is 0 Å². The van der Waals surface area contributed by atoms with Crippen molar-refractivity contribution in [2.24, 2.45) is 5.73 Å². The summed E-state index contributed by atoms with van der Waals surface area (Å²) in [5.74, 6) is -0.441. The first-order valence-corrected chi connectivity index (χ1v) is 4.49. The highest BCUT2D eigenvalue weighted by molar-refractivity contribution is 5.96. The van der Waals surface area contributed by atoms with Crippen LogP contribution in [-0.4, -0.2) is 10.9 Å². The first-order chi connectivity index (χ1) is 7.18. The van der Waals surface area contributed by atoms with Gasteiger partial charge in [-0.3, -0.25) is 9.78 Å². The van der Waals surface area contributed by atoms with Crippen LogP contribution >= 0.6 is 0 Å². The zero-order chi connectivity index (χ0) is 10.8. The van der Waals surface area contributed by atoms with Crippen molar-refractivity contribution in [3.8, 4) is 11.3 Å². The van der Waals surface area contributed by atoms with Gasteiger partial charge in [-0.2, -0.15) is 0 Å². The Morgan fingerprint density at radius 1 is 1.40 bits per heavy atom. The zero-order valence-corrected chi connectivity index (χ0v) is 8.23. The van der Waals surface area contributed by atoms with E-state index in [1.807, 2.05) is 19.1 Å². The van der Waals surface area contributed by atoms with E-state index in [2.05, 4.69) is 4.98 Å². The van der Waals surface area contributed by atoms with Crippen LogP contribution in [0.15, 0.2) is 35.1 Å². The first-order valence-electron chi connectivity index (χ1n) is 4.49. The molecule has 2 rings (SSSR count). The highest BCUT2D eigenvalue weighted by Gasteiger charge is 2.14. The quantitative estimate of drug-likeness (QED) is 0.806. The van der Waals surface area contributed by atoms with Gasteiger partial charge < -0.3 is 10.2 Å². The molecule has 2 heterocycles. The predicted octanol–water partition coefficient (Wildman–Crippen LogP) is 1.75. The van der Waals surface area contributed by atoms with Crippen molar-refractivity contribution in [2.75, 3.05) is 0 Å². The van der Waals surface area contributed by atoms with Crippen molar-refractivity contribution in [3.05, 3.63) is 42.0 Å². The molecule has 2 aromatic heterocycles. The molecule has 0 aromatic carbocycles. The Morgan fingerprint density at radius 3 is 2.80 bits per heavy atom. The molecule has 0 saturated carbocycles. The van der Waals surface area contributed by atoms with Crippen LogP contribution in [0.25, 0.3) is 11.3 Å². The fourth-order valence-electron chi connectivity index (χ4n) is 1.33. The lowest BCUT2D eigenvalue weighted by Crippen LogP contribution is -2.10. The molecular formula is C11H10N2O2. The average Bonchev–Trinajstić information content (AvgIpc) is 2.67. The number of nitrogens with two attached hydrogens (primary N) is 1. The Kier molecular flexibility index (Phi) is 2.25. The van der Waals surface area contributed by atoms with Gasteiger partial charge in [-0.15, -0.1) is 0 Å².